The van der Waals surface area contributed by atoms with E-state index >= 15 is 0 Å². The first-order valence-electron chi connectivity index (χ1n) is 8.19. The molecule has 1 aromatic rings. The van der Waals surface area contributed by atoms with Crippen LogP contribution in [0, 0.1) is 0 Å². The van der Waals surface area contributed by atoms with Crippen LogP contribution in [0.3, 0.4) is 0 Å². The van der Waals surface area contributed by atoms with Crippen LogP contribution in [-0.4, -0.2) is 23.1 Å². The van der Waals surface area contributed by atoms with Crippen LogP contribution < -0.4 is 5.32 Å². The topological polar surface area (TPSA) is 15.3 Å². The molecule has 2 rings (SSSR count). The van der Waals surface area contributed by atoms with Gasteiger partial charge in [0.15, 0.2) is 5.11 Å². The molecule has 0 spiro atoms. The van der Waals surface area contributed by atoms with Gasteiger partial charge in [0, 0.05) is 18.8 Å². The normalized spacial score (nSPS) is 15.6. The second-order valence-corrected chi connectivity index (χ2v) is 6.99. The first-order chi connectivity index (χ1) is 10.0. The average Bonchev–Trinajstić information content (AvgIpc) is 2.47. The monoisotopic (exact) mass is 304 g/mol. The third-order valence-corrected chi connectivity index (χ3v) is 4.61. The lowest BCUT2D eigenvalue weighted by molar-refractivity contribution is 0.346. The van der Waals surface area contributed by atoms with Crippen molar-refractivity contribution in [1.82, 2.24) is 4.90 Å². The Morgan fingerprint density at radius 3 is 2.00 bits per heavy atom. The van der Waals surface area contributed by atoms with Gasteiger partial charge in [-0.05, 0) is 54.4 Å². The molecule has 0 aliphatic carbocycles. The van der Waals surface area contributed by atoms with E-state index < -0.39 is 0 Å². The van der Waals surface area contributed by atoms with Crippen molar-refractivity contribution >= 4 is 23.0 Å². The Morgan fingerprint density at radius 1 is 1.00 bits per heavy atom. The van der Waals surface area contributed by atoms with Crippen LogP contribution in [0.2, 0.25) is 0 Å². The zero-order chi connectivity index (χ0) is 15.4. The molecule has 0 amide bonds. The van der Waals surface area contributed by atoms with Gasteiger partial charge in [0.2, 0.25) is 0 Å². The van der Waals surface area contributed by atoms with Crippen molar-refractivity contribution in [1.29, 1.82) is 0 Å². The fourth-order valence-electron chi connectivity index (χ4n) is 2.98. The summed E-state index contributed by atoms with van der Waals surface area (Å²) >= 11 is 5.66. The number of nitrogens with zero attached hydrogens (tertiary/aromatic N) is 1. The SMILES string of the molecule is CC(C)c1cccc(C(C)C)c1NC(=S)N1CCCCC1. The molecular weight excluding hydrogens is 276 g/mol. The second-order valence-electron chi connectivity index (χ2n) is 6.60. The molecule has 1 aliphatic rings. The third kappa shape index (κ3) is 3.97. The lowest BCUT2D eigenvalue weighted by atomic mass is 9.93. The summed E-state index contributed by atoms with van der Waals surface area (Å²) in [4.78, 5) is 2.32. The molecule has 0 radical (unpaired) electrons. The van der Waals surface area contributed by atoms with Crippen LogP contribution in [0.25, 0.3) is 0 Å². The highest BCUT2D eigenvalue weighted by atomic mass is 32.1. The number of para-hydroxylation sites is 1. The van der Waals surface area contributed by atoms with Gasteiger partial charge >= 0.3 is 0 Å². The quantitative estimate of drug-likeness (QED) is 0.781. The molecule has 1 aliphatic heterocycles. The van der Waals surface area contributed by atoms with Gasteiger partial charge in [0.1, 0.15) is 0 Å². The molecule has 0 bridgehead atoms. The van der Waals surface area contributed by atoms with Crippen molar-refractivity contribution in [3.8, 4) is 0 Å². The molecule has 0 atom stereocenters. The number of hydrogen-bond acceptors (Lipinski definition) is 1. The maximum atomic E-state index is 5.66. The Morgan fingerprint density at radius 2 is 1.52 bits per heavy atom. The Balaban J connectivity index is 2.26. The van der Waals surface area contributed by atoms with E-state index in [2.05, 4.69) is 56.1 Å². The number of hydrogen-bond donors (Lipinski definition) is 1. The molecule has 0 saturated carbocycles. The Bertz CT molecular complexity index is 462. The molecule has 3 heteroatoms. The molecule has 2 nitrogen and oxygen atoms in total. The van der Waals surface area contributed by atoms with Crippen molar-refractivity contribution in [2.45, 2.75) is 58.8 Å². The van der Waals surface area contributed by atoms with Gasteiger partial charge in [0.05, 0.1) is 0 Å². The van der Waals surface area contributed by atoms with Crippen molar-refractivity contribution in [3.63, 3.8) is 0 Å². The van der Waals surface area contributed by atoms with E-state index in [9.17, 15) is 0 Å². The number of rotatable bonds is 3. The van der Waals surface area contributed by atoms with E-state index in [1.54, 1.807) is 0 Å². The van der Waals surface area contributed by atoms with E-state index in [0.717, 1.165) is 18.2 Å². The number of thiocarbonyl (C=S) groups is 1. The van der Waals surface area contributed by atoms with E-state index in [1.807, 2.05) is 0 Å². The van der Waals surface area contributed by atoms with Crippen LogP contribution in [0.15, 0.2) is 18.2 Å². The molecule has 1 heterocycles. The van der Waals surface area contributed by atoms with E-state index in [-0.39, 0.29) is 0 Å². The lowest BCUT2D eigenvalue weighted by Crippen LogP contribution is -2.38. The largest absolute Gasteiger partial charge is 0.349 e. The highest BCUT2D eigenvalue weighted by Crippen LogP contribution is 2.32. The molecule has 0 aromatic heterocycles. The van der Waals surface area contributed by atoms with Gasteiger partial charge in [-0.25, -0.2) is 0 Å². The molecule has 1 N–H and O–H groups in total. The van der Waals surface area contributed by atoms with Gasteiger partial charge in [-0.2, -0.15) is 0 Å². The predicted octanol–water partition coefficient (Wildman–Crippen LogP) is 5.12. The van der Waals surface area contributed by atoms with Crippen LogP contribution in [0.1, 0.15) is 69.9 Å². The Hall–Kier alpha value is -1.09. The number of anilines is 1. The molecular formula is C18H28N2S. The van der Waals surface area contributed by atoms with E-state index in [1.165, 1.54) is 36.1 Å². The Labute approximate surface area is 134 Å². The summed E-state index contributed by atoms with van der Waals surface area (Å²) in [5, 5.41) is 4.46. The summed E-state index contributed by atoms with van der Waals surface area (Å²) in [6, 6.07) is 6.61. The molecule has 1 aromatic carbocycles. The minimum Gasteiger partial charge on any atom is -0.349 e. The molecule has 21 heavy (non-hydrogen) atoms. The van der Waals surface area contributed by atoms with Crippen LogP contribution in [-0.2, 0) is 0 Å². The van der Waals surface area contributed by atoms with Crippen molar-refractivity contribution in [2.24, 2.45) is 0 Å². The summed E-state index contributed by atoms with van der Waals surface area (Å²) < 4.78 is 0. The molecule has 0 unspecified atom stereocenters. The lowest BCUT2D eigenvalue weighted by Gasteiger charge is -2.31. The fraction of sp³-hybridized carbons (Fsp3) is 0.611. The molecule has 1 saturated heterocycles. The first kappa shape index (κ1) is 16.3. The van der Waals surface area contributed by atoms with Crippen LogP contribution >= 0.6 is 12.2 Å². The number of likely N-dealkylation sites (tertiary alicyclic amines) is 1. The zero-order valence-corrected chi connectivity index (χ0v) is 14.6. The van der Waals surface area contributed by atoms with Crippen LogP contribution in [0.4, 0.5) is 5.69 Å². The molecule has 116 valence electrons. The van der Waals surface area contributed by atoms with Gasteiger partial charge < -0.3 is 10.2 Å². The van der Waals surface area contributed by atoms with Gasteiger partial charge in [-0.3, -0.25) is 0 Å². The minimum absolute atomic E-state index is 0.496. The van der Waals surface area contributed by atoms with Crippen molar-refractivity contribution < 1.29 is 0 Å². The summed E-state index contributed by atoms with van der Waals surface area (Å²) in [5.41, 5.74) is 3.96. The standard InChI is InChI=1S/C18H28N2S/c1-13(2)15-9-8-10-16(14(3)4)17(15)19-18(21)20-11-6-5-7-12-20/h8-10,13-14H,5-7,11-12H2,1-4H3,(H,19,21). The fourth-order valence-corrected chi connectivity index (χ4v) is 3.26. The van der Waals surface area contributed by atoms with Gasteiger partial charge in [-0.15, -0.1) is 0 Å². The highest BCUT2D eigenvalue weighted by Gasteiger charge is 2.18. The maximum absolute atomic E-state index is 5.66. The first-order valence-corrected chi connectivity index (χ1v) is 8.60. The van der Waals surface area contributed by atoms with E-state index in [4.69, 9.17) is 12.2 Å². The van der Waals surface area contributed by atoms with Gasteiger partial charge in [0.25, 0.3) is 0 Å². The Kier molecular flexibility index (Phi) is 5.63. The predicted molar refractivity (Wildman–Crippen MR) is 96.3 cm³/mol. The zero-order valence-electron chi connectivity index (χ0n) is 13.8. The third-order valence-electron chi connectivity index (χ3n) is 4.25. The summed E-state index contributed by atoms with van der Waals surface area (Å²) in [5.74, 6) is 0.991. The maximum Gasteiger partial charge on any atom is 0.173 e. The minimum atomic E-state index is 0.496. The van der Waals surface area contributed by atoms with Crippen molar-refractivity contribution in [3.05, 3.63) is 29.3 Å². The summed E-state index contributed by atoms with van der Waals surface area (Å²) in [7, 11) is 0. The molecule has 1 fully saturated rings. The van der Waals surface area contributed by atoms with Crippen LogP contribution in [0.5, 0.6) is 0 Å². The smallest absolute Gasteiger partial charge is 0.173 e. The number of nitrogens with one attached hydrogen (secondary N) is 1. The summed E-state index contributed by atoms with van der Waals surface area (Å²) in [6.07, 6.45) is 3.84. The van der Waals surface area contributed by atoms with Crippen molar-refractivity contribution in [2.75, 3.05) is 18.4 Å². The average molecular weight is 305 g/mol. The summed E-state index contributed by atoms with van der Waals surface area (Å²) in [6.45, 7) is 11.2. The van der Waals surface area contributed by atoms with E-state index in [0.29, 0.717) is 11.8 Å². The number of piperidine rings is 1. The van der Waals surface area contributed by atoms with Gasteiger partial charge in [-0.1, -0.05) is 45.9 Å². The number of benzene rings is 1. The highest BCUT2D eigenvalue weighted by molar-refractivity contribution is 7.80. The second kappa shape index (κ2) is 7.26.